The SMILES string of the molecule is COc1ccc2[nH]c(-c3cnn(C)c3C)nc2n1. The molecule has 0 fully saturated rings. The Morgan fingerprint density at radius 2 is 2.11 bits per heavy atom. The summed E-state index contributed by atoms with van der Waals surface area (Å²) in [4.78, 5) is 12.0. The number of fused-ring (bicyclic) bond motifs is 1. The number of imidazole rings is 1. The van der Waals surface area contributed by atoms with Crippen LogP contribution in [-0.2, 0) is 7.05 Å². The zero-order valence-corrected chi connectivity index (χ0v) is 10.4. The van der Waals surface area contributed by atoms with E-state index in [0.717, 1.165) is 22.6 Å². The number of H-pyrrole nitrogens is 1. The summed E-state index contributed by atoms with van der Waals surface area (Å²) in [6, 6.07) is 3.71. The minimum Gasteiger partial charge on any atom is -0.481 e. The van der Waals surface area contributed by atoms with Gasteiger partial charge in [0.1, 0.15) is 5.82 Å². The van der Waals surface area contributed by atoms with Crippen molar-refractivity contribution < 1.29 is 4.74 Å². The number of pyridine rings is 1. The lowest BCUT2D eigenvalue weighted by atomic mass is 10.2. The van der Waals surface area contributed by atoms with E-state index in [-0.39, 0.29) is 0 Å². The first-order valence-corrected chi connectivity index (χ1v) is 5.59. The summed E-state index contributed by atoms with van der Waals surface area (Å²) in [7, 11) is 3.50. The number of aromatic nitrogens is 5. The van der Waals surface area contributed by atoms with Crippen molar-refractivity contribution in [3.63, 3.8) is 0 Å². The van der Waals surface area contributed by atoms with Gasteiger partial charge in [0, 0.05) is 18.8 Å². The highest BCUT2D eigenvalue weighted by Gasteiger charge is 2.12. The fraction of sp³-hybridized carbons (Fsp3) is 0.250. The topological polar surface area (TPSA) is 68.6 Å². The van der Waals surface area contributed by atoms with Crippen molar-refractivity contribution in [2.24, 2.45) is 7.05 Å². The molecule has 0 atom stereocenters. The van der Waals surface area contributed by atoms with Crippen molar-refractivity contribution in [1.82, 2.24) is 24.7 Å². The Morgan fingerprint density at radius 3 is 2.78 bits per heavy atom. The van der Waals surface area contributed by atoms with Gasteiger partial charge in [0.05, 0.1) is 24.4 Å². The van der Waals surface area contributed by atoms with Crippen LogP contribution in [0.3, 0.4) is 0 Å². The average molecular weight is 243 g/mol. The summed E-state index contributed by atoms with van der Waals surface area (Å²) in [5.74, 6) is 1.33. The minimum absolute atomic E-state index is 0.559. The van der Waals surface area contributed by atoms with Gasteiger partial charge in [0.25, 0.3) is 0 Å². The van der Waals surface area contributed by atoms with Gasteiger partial charge < -0.3 is 9.72 Å². The second-order valence-corrected chi connectivity index (χ2v) is 4.08. The van der Waals surface area contributed by atoms with Gasteiger partial charge in [-0.2, -0.15) is 10.1 Å². The molecule has 0 spiro atoms. The maximum atomic E-state index is 5.08. The summed E-state index contributed by atoms with van der Waals surface area (Å²) < 4.78 is 6.90. The molecule has 0 saturated heterocycles. The third kappa shape index (κ3) is 1.54. The van der Waals surface area contributed by atoms with Crippen molar-refractivity contribution >= 4 is 11.2 Å². The highest BCUT2D eigenvalue weighted by molar-refractivity contribution is 5.76. The third-order valence-electron chi connectivity index (χ3n) is 3.02. The zero-order valence-electron chi connectivity index (χ0n) is 10.4. The van der Waals surface area contributed by atoms with Crippen LogP contribution >= 0.6 is 0 Å². The Morgan fingerprint density at radius 1 is 1.28 bits per heavy atom. The van der Waals surface area contributed by atoms with Crippen molar-refractivity contribution in [2.45, 2.75) is 6.92 Å². The normalized spacial score (nSPS) is 11.1. The lowest BCUT2D eigenvalue weighted by Crippen LogP contribution is -1.92. The van der Waals surface area contributed by atoms with Crippen LogP contribution in [0, 0.1) is 6.92 Å². The van der Waals surface area contributed by atoms with Crippen LogP contribution in [0.4, 0.5) is 0 Å². The minimum atomic E-state index is 0.559. The number of aryl methyl sites for hydroxylation is 1. The highest BCUT2D eigenvalue weighted by atomic mass is 16.5. The van der Waals surface area contributed by atoms with E-state index in [1.807, 2.05) is 24.7 Å². The second-order valence-electron chi connectivity index (χ2n) is 4.08. The molecule has 0 unspecified atom stereocenters. The Bertz CT molecular complexity index is 712. The van der Waals surface area contributed by atoms with E-state index in [4.69, 9.17) is 4.74 Å². The lowest BCUT2D eigenvalue weighted by Gasteiger charge is -1.95. The van der Waals surface area contributed by atoms with Gasteiger partial charge in [0.2, 0.25) is 5.88 Å². The summed E-state index contributed by atoms with van der Waals surface area (Å²) in [5, 5.41) is 4.21. The molecule has 3 aromatic rings. The second kappa shape index (κ2) is 3.83. The molecule has 3 heterocycles. The molecular weight excluding hydrogens is 230 g/mol. The molecule has 6 heteroatoms. The smallest absolute Gasteiger partial charge is 0.215 e. The molecule has 0 saturated carbocycles. The molecule has 0 bridgehead atoms. The molecule has 0 radical (unpaired) electrons. The van der Waals surface area contributed by atoms with Crippen LogP contribution in [0.25, 0.3) is 22.6 Å². The molecule has 3 aromatic heterocycles. The molecule has 0 aromatic carbocycles. The van der Waals surface area contributed by atoms with Gasteiger partial charge in [0.15, 0.2) is 5.65 Å². The van der Waals surface area contributed by atoms with E-state index in [0.29, 0.717) is 11.5 Å². The molecule has 3 rings (SSSR count). The van der Waals surface area contributed by atoms with E-state index in [1.54, 1.807) is 19.4 Å². The van der Waals surface area contributed by atoms with Crippen molar-refractivity contribution in [3.8, 4) is 17.3 Å². The fourth-order valence-electron chi connectivity index (χ4n) is 1.85. The number of aromatic amines is 1. The van der Waals surface area contributed by atoms with Crippen LogP contribution < -0.4 is 4.74 Å². The fourth-order valence-corrected chi connectivity index (χ4v) is 1.85. The predicted octanol–water partition coefficient (Wildman–Crippen LogP) is 1.68. The van der Waals surface area contributed by atoms with Crippen molar-refractivity contribution in [2.75, 3.05) is 7.11 Å². The van der Waals surface area contributed by atoms with Crippen LogP contribution in [-0.4, -0.2) is 31.8 Å². The maximum absolute atomic E-state index is 5.08. The number of methoxy groups -OCH3 is 1. The van der Waals surface area contributed by atoms with E-state index < -0.39 is 0 Å². The number of nitrogens with one attached hydrogen (secondary N) is 1. The number of hydrogen-bond acceptors (Lipinski definition) is 4. The Labute approximate surface area is 104 Å². The van der Waals surface area contributed by atoms with Crippen LogP contribution in [0.2, 0.25) is 0 Å². The Hall–Kier alpha value is -2.37. The molecule has 6 nitrogen and oxygen atoms in total. The highest BCUT2D eigenvalue weighted by Crippen LogP contribution is 2.23. The number of nitrogens with zero attached hydrogens (tertiary/aromatic N) is 4. The van der Waals surface area contributed by atoms with Gasteiger partial charge >= 0.3 is 0 Å². The van der Waals surface area contributed by atoms with E-state index >= 15 is 0 Å². The van der Waals surface area contributed by atoms with E-state index in [9.17, 15) is 0 Å². The molecule has 0 aliphatic carbocycles. The van der Waals surface area contributed by atoms with Gasteiger partial charge in [-0.3, -0.25) is 4.68 Å². The quantitative estimate of drug-likeness (QED) is 0.743. The first kappa shape index (κ1) is 10.8. The van der Waals surface area contributed by atoms with Crippen molar-refractivity contribution in [1.29, 1.82) is 0 Å². The van der Waals surface area contributed by atoms with E-state index in [2.05, 4.69) is 20.1 Å². The monoisotopic (exact) mass is 243 g/mol. The molecule has 0 aliphatic heterocycles. The molecule has 92 valence electrons. The van der Waals surface area contributed by atoms with Gasteiger partial charge in [-0.15, -0.1) is 0 Å². The number of hydrogen-bond donors (Lipinski definition) is 1. The molecule has 0 aliphatic rings. The zero-order chi connectivity index (χ0) is 12.7. The summed E-state index contributed by atoms with van der Waals surface area (Å²) in [6.07, 6.45) is 1.80. The summed E-state index contributed by atoms with van der Waals surface area (Å²) >= 11 is 0. The van der Waals surface area contributed by atoms with Crippen LogP contribution in [0.1, 0.15) is 5.69 Å². The van der Waals surface area contributed by atoms with Crippen LogP contribution in [0.15, 0.2) is 18.3 Å². The molecule has 18 heavy (non-hydrogen) atoms. The largest absolute Gasteiger partial charge is 0.481 e. The standard InChI is InChI=1S/C12H13N5O/c1-7-8(6-13-17(7)2)11-14-9-4-5-10(18-3)15-12(9)16-11/h4-6H,1-3H3,(H,14,15,16). The van der Waals surface area contributed by atoms with Gasteiger partial charge in [-0.05, 0) is 13.0 Å². The molecule has 1 N–H and O–H groups in total. The first-order chi connectivity index (χ1) is 8.69. The molecular formula is C12H13N5O. The third-order valence-corrected chi connectivity index (χ3v) is 3.02. The average Bonchev–Trinajstić information content (AvgIpc) is 2.93. The van der Waals surface area contributed by atoms with Crippen LogP contribution in [0.5, 0.6) is 5.88 Å². The van der Waals surface area contributed by atoms with Gasteiger partial charge in [-0.1, -0.05) is 0 Å². The number of ether oxygens (including phenoxy) is 1. The maximum Gasteiger partial charge on any atom is 0.215 e. The first-order valence-electron chi connectivity index (χ1n) is 5.59. The lowest BCUT2D eigenvalue weighted by molar-refractivity contribution is 0.399. The summed E-state index contributed by atoms with van der Waals surface area (Å²) in [5.41, 5.74) is 3.57. The number of rotatable bonds is 2. The Kier molecular flexibility index (Phi) is 2.29. The van der Waals surface area contributed by atoms with Crippen molar-refractivity contribution in [3.05, 3.63) is 24.0 Å². The summed E-state index contributed by atoms with van der Waals surface area (Å²) in [6.45, 7) is 2.00. The van der Waals surface area contributed by atoms with Gasteiger partial charge in [-0.25, -0.2) is 4.98 Å². The molecule has 0 amide bonds. The van der Waals surface area contributed by atoms with E-state index in [1.165, 1.54) is 0 Å². The Balaban J connectivity index is 2.16. The predicted molar refractivity (Wildman–Crippen MR) is 67.4 cm³/mol.